The maximum atomic E-state index is 15.8. The standard InChI is InChI=1S/C26H12F8O6/c27-15-9-14(17(28)21(32)18(15)29)16-19(30)22(33)26(23(34)20(16)31,39-12-5-1-10(2-6-12)24(35)36)40-13-7-3-11(4-8-13)25(37)38/h1-9,22H,(H,35,36)(H,37,38). The zero-order chi connectivity index (χ0) is 29.5. The lowest BCUT2D eigenvalue weighted by Gasteiger charge is -2.38. The van der Waals surface area contributed by atoms with Gasteiger partial charge in [-0.2, -0.15) is 4.39 Å². The number of halogens is 8. The summed E-state index contributed by atoms with van der Waals surface area (Å²) in [4.78, 5) is 22.2. The van der Waals surface area contributed by atoms with Gasteiger partial charge in [0, 0.05) is 5.56 Å². The zero-order valence-corrected chi connectivity index (χ0v) is 19.3. The van der Waals surface area contributed by atoms with Crippen molar-refractivity contribution in [3.8, 4) is 11.5 Å². The molecule has 0 aromatic heterocycles. The van der Waals surface area contributed by atoms with Crippen molar-refractivity contribution in [3.63, 3.8) is 0 Å². The first-order chi connectivity index (χ1) is 18.8. The molecule has 1 unspecified atom stereocenters. The lowest BCUT2D eigenvalue weighted by Crippen LogP contribution is -2.54. The summed E-state index contributed by atoms with van der Waals surface area (Å²) in [7, 11) is 0. The minimum Gasteiger partial charge on any atom is -0.478 e. The molecule has 208 valence electrons. The van der Waals surface area contributed by atoms with Crippen LogP contribution in [0.4, 0.5) is 35.1 Å². The Morgan fingerprint density at radius 2 is 1.15 bits per heavy atom. The van der Waals surface area contributed by atoms with E-state index in [-0.39, 0.29) is 17.2 Å². The van der Waals surface area contributed by atoms with Gasteiger partial charge in [0.2, 0.25) is 12.0 Å². The Hall–Kier alpha value is -4.88. The molecule has 0 fully saturated rings. The van der Waals surface area contributed by atoms with Crippen LogP contribution in [-0.2, 0) is 0 Å². The molecule has 3 aromatic rings. The van der Waals surface area contributed by atoms with Gasteiger partial charge < -0.3 is 19.7 Å². The smallest absolute Gasteiger partial charge is 0.346 e. The van der Waals surface area contributed by atoms with Crippen molar-refractivity contribution in [1.29, 1.82) is 0 Å². The molecule has 0 heterocycles. The molecule has 0 spiro atoms. The summed E-state index contributed by atoms with van der Waals surface area (Å²) in [5.41, 5.74) is -4.28. The van der Waals surface area contributed by atoms with Gasteiger partial charge in [0.25, 0.3) is 0 Å². The molecule has 40 heavy (non-hydrogen) atoms. The van der Waals surface area contributed by atoms with Gasteiger partial charge in [0.15, 0.2) is 34.9 Å². The molecular formula is C26H12F8O6. The summed E-state index contributed by atoms with van der Waals surface area (Å²) in [6.45, 7) is 0. The Bertz CT molecular complexity index is 1520. The maximum Gasteiger partial charge on any atom is 0.346 e. The van der Waals surface area contributed by atoms with E-state index in [4.69, 9.17) is 19.7 Å². The summed E-state index contributed by atoms with van der Waals surface area (Å²) in [6.07, 6.45) is -3.55. The zero-order valence-electron chi connectivity index (χ0n) is 19.3. The fraction of sp³-hybridized carbons (Fsp3) is 0.0769. The molecule has 2 N–H and O–H groups in total. The number of benzene rings is 3. The van der Waals surface area contributed by atoms with Crippen molar-refractivity contribution >= 4 is 17.5 Å². The number of ether oxygens (including phenoxy) is 2. The van der Waals surface area contributed by atoms with Crippen molar-refractivity contribution in [2.24, 2.45) is 0 Å². The van der Waals surface area contributed by atoms with Crippen LogP contribution in [0.25, 0.3) is 5.57 Å². The lowest BCUT2D eigenvalue weighted by molar-refractivity contribution is -0.143. The highest BCUT2D eigenvalue weighted by atomic mass is 19.2. The number of carboxylic acids is 2. The van der Waals surface area contributed by atoms with Gasteiger partial charge in [-0.3, -0.25) is 0 Å². The number of allylic oxidation sites excluding steroid dienone is 2. The van der Waals surface area contributed by atoms with E-state index in [1.54, 1.807) is 0 Å². The minimum absolute atomic E-state index is 0.216. The molecule has 0 radical (unpaired) electrons. The highest BCUT2D eigenvalue weighted by Crippen LogP contribution is 2.49. The summed E-state index contributed by atoms with van der Waals surface area (Å²) in [5, 5.41) is 18.1. The molecule has 0 bridgehead atoms. The van der Waals surface area contributed by atoms with Crippen LogP contribution in [0.15, 0.2) is 72.1 Å². The third-order valence-electron chi connectivity index (χ3n) is 5.63. The summed E-state index contributed by atoms with van der Waals surface area (Å²) in [6, 6.07) is 6.78. The number of alkyl halides is 1. The fourth-order valence-corrected chi connectivity index (χ4v) is 3.67. The van der Waals surface area contributed by atoms with E-state index in [1.165, 1.54) is 0 Å². The van der Waals surface area contributed by atoms with Gasteiger partial charge in [-0.25, -0.2) is 40.3 Å². The third kappa shape index (κ3) is 4.72. The molecule has 3 aromatic carbocycles. The molecule has 0 saturated heterocycles. The largest absolute Gasteiger partial charge is 0.478 e. The van der Waals surface area contributed by atoms with E-state index in [0.717, 1.165) is 48.5 Å². The van der Waals surface area contributed by atoms with E-state index in [2.05, 4.69) is 0 Å². The highest BCUT2D eigenvalue weighted by Gasteiger charge is 2.58. The molecular weight excluding hydrogens is 560 g/mol. The Kier molecular flexibility index (Phi) is 7.28. The Morgan fingerprint density at radius 3 is 1.57 bits per heavy atom. The fourth-order valence-electron chi connectivity index (χ4n) is 3.67. The normalized spacial score (nSPS) is 16.6. The summed E-state index contributed by atoms with van der Waals surface area (Å²) < 4.78 is 128. The van der Waals surface area contributed by atoms with Crippen LogP contribution in [-0.4, -0.2) is 34.1 Å². The molecule has 1 aliphatic rings. The minimum atomic E-state index is -3.74. The second-order valence-electron chi connectivity index (χ2n) is 8.09. The molecule has 0 amide bonds. The van der Waals surface area contributed by atoms with Crippen LogP contribution in [0.3, 0.4) is 0 Å². The molecule has 4 rings (SSSR count). The van der Waals surface area contributed by atoms with Crippen molar-refractivity contribution in [1.82, 2.24) is 0 Å². The monoisotopic (exact) mass is 572 g/mol. The van der Waals surface area contributed by atoms with Gasteiger partial charge >= 0.3 is 17.7 Å². The number of carboxylic acid groups (broad SMARTS) is 2. The average molecular weight is 572 g/mol. The number of hydrogen-bond donors (Lipinski definition) is 2. The van der Waals surface area contributed by atoms with E-state index < -0.39 is 87.3 Å². The predicted molar refractivity (Wildman–Crippen MR) is 119 cm³/mol. The topological polar surface area (TPSA) is 93.1 Å². The van der Waals surface area contributed by atoms with Crippen molar-refractivity contribution in [2.75, 3.05) is 0 Å². The molecule has 0 saturated carbocycles. The Balaban J connectivity index is 1.89. The van der Waals surface area contributed by atoms with Crippen molar-refractivity contribution < 1.29 is 64.4 Å². The number of hydrogen-bond acceptors (Lipinski definition) is 4. The van der Waals surface area contributed by atoms with Crippen LogP contribution >= 0.6 is 0 Å². The van der Waals surface area contributed by atoms with Gasteiger partial charge in [0.1, 0.15) is 11.5 Å². The molecule has 6 nitrogen and oxygen atoms in total. The van der Waals surface area contributed by atoms with Crippen molar-refractivity contribution in [2.45, 2.75) is 12.0 Å². The van der Waals surface area contributed by atoms with E-state index >= 15 is 17.6 Å². The lowest BCUT2D eigenvalue weighted by atomic mass is 9.91. The SMILES string of the molecule is O=C(O)c1ccc(OC2(Oc3ccc(C(=O)O)cc3)C(F)=C(F)C(c3cc(F)c(F)c(F)c3F)=C(F)C2F)cc1. The molecule has 14 heteroatoms. The Morgan fingerprint density at radius 1 is 0.700 bits per heavy atom. The second-order valence-corrected chi connectivity index (χ2v) is 8.09. The van der Waals surface area contributed by atoms with Gasteiger partial charge in [-0.15, -0.1) is 0 Å². The predicted octanol–water partition coefficient (Wildman–Crippen LogP) is 6.68. The van der Waals surface area contributed by atoms with Gasteiger partial charge in [-0.05, 0) is 54.6 Å². The van der Waals surface area contributed by atoms with E-state index in [9.17, 15) is 27.2 Å². The first kappa shape index (κ1) is 28.1. The maximum absolute atomic E-state index is 15.8. The number of rotatable bonds is 7. The van der Waals surface area contributed by atoms with Crippen LogP contribution < -0.4 is 9.47 Å². The summed E-state index contributed by atoms with van der Waals surface area (Å²) >= 11 is 0. The van der Waals surface area contributed by atoms with Crippen LogP contribution in [0, 0.1) is 23.3 Å². The third-order valence-corrected chi connectivity index (χ3v) is 5.63. The summed E-state index contributed by atoms with van der Waals surface area (Å²) in [5.74, 6) is -24.3. The van der Waals surface area contributed by atoms with Crippen LogP contribution in [0.5, 0.6) is 11.5 Å². The second kappa shape index (κ2) is 10.4. The quantitative estimate of drug-likeness (QED) is 0.142. The number of carbonyl (C=O) groups is 2. The van der Waals surface area contributed by atoms with Crippen molar-refractivity contribution in [3.05, 3.63) is 112 Å². The molecule has 0 aliphatic heterocycles. The van der Waals surface area contributed by atoms with Crippen LogP contribution in [0.2, 0.25) is 0 Å². The Labute approximate surface area is 218 Å². The first-order valence-electron chi connectivity index (χ1n) is 10.8. The first-order valence-corrected chi connectivity index (χ1v) is 10.8. The van der Waals surface area contributed by atoms with E-state index in [1.807, 2.05) is 0 Å². The van der Waals surface area contributed by atoms with E-state index in [0.29, 0.717) is 0 Å². The van der Waals surface area contributed by atoms with Gasteiger partial charge in [-0.1, -0.05) is 0 Å². The number of aromatic carboxylic acids is 2. The molecule has 1 aliphatic carbocycles. The average Bonchev–Trinajstić information content (AvgIpc) is 2.93. The highest BCUT2D eigenvalue weighted by molar-refractivity contribution is 5.88. The van der Waals surface area contributed by atoms with Gasteiger partial charge in [0.05, 0.1) is 16.7 Å². The van der Waals surface area contributed by atoms with Crippen LogP contribution in [0.1, 0.15) is 26.3 Å². The molecule has 1 atom stereocenters.